The minimum atomic E-state index is -5.45. The summed E-state index contributed by atoms with van der Waals surface area (Å²) in [4.78, 5) is 1.40. The molecule has 3 rings (SSSR count). The maximum absolute atomic E-state index is 12.9. The fourth-order valence-corrected chi connectivity index (χ4v) is 7.57. The number of alkyl halides is 5. The average Bonchev–Trinajstić information content (AvgIpc) is 2.87. The van der Waals surface area contributed by atoms with E-state index in [1.54, 1.807) is 0 Å². The minimum absolute atomic E-state index is 0.0565. The van der Waals surface area contributed by atoms with Gasteiger partial charge in [-0.15, -0.1) is 11.8 Å². The van der Waals surface area contributed by atoms with Crippen LogP contribution >= 0.6 is 23.5 Å². The van der Waals surface area contributed by atoms with Crippen LogP contribution in [0.3, 0.4) is 0 Å². The van der Waals surface area contributed by atoms with Gasteiger partial charge in [-0.05, 0) is 80.6 Å². The van der Waals surface area contributed by atoms with Crippen LogP contribution in [0, 0.1) is 13.8 Å². The molecule has 0 amide bonds. The van der Waals surface area contributed by atoms with Crippen molar-refractivity contribution in [2.24, 2.45) is 0 Å². The molecule has 0 spiro atoms. The first-order valence-electron chi connectivity index (χ1n) is 13.8. The van der Waals surface area contributed by atoms with Gasteiger partial charge in [0.1, 0.15) is 0 Å². The normalized spacial score (nSPS) is 19.7. The number of aryl methyl sites for hydroxylation is 2. The molecular formula is C31H41F5OS2. The van der Waals surface area contributed by atoms with Gasteiger partial charge in [-0.25, -0.2) is 0 Å². The van der Waals surface area contributed by atoms with E-state index in [0.29, 0.717) is 18.3 Å². The summed E-state index contributed by atoms with van der Waals surface area (Å²) in [7, 11) is 0. The Bertz CT molecular complexity index is 1020. The topological polar surface area (TPSA) is 9.23 Å². The standard InChI is InChI=1S/C31H41F5OS2/c1-23-10-13-25(14-11-23)29(3)22-39-28-21-24(2)12-15-26(28)27(29)9-7-18-37-17-5-4-6-19-38-20-8-16-30(32,33)31(34,35)36/h10-15,21,27H,4-9,16-20,22H2,1-3H3/t27-,29-/m1/s1. The first-order valence-corrected chi connectivity index (χ1v) is 16.0. The Balaban J connectivity index is 1.36. The summed E-state index contributed by atoms with van der Waals surface area (Å²) in [6.07, 6.45) is -1.86. The summed E-state index contributed by atoms with van der Waals surface area (Å²) in [5.74, 6) is -2.00. The van der Waals surface area contributed by atoms with E-state index in [-0.39, 0.29) is 11.8 Å². The molecule has 1 heterocycles. The smallest absolute Gasteiger partial charge is 0.381 e. The molecule has 2 aromatic carbocycles. The molecule has 39 heavy (non-hydrogen) atoms. The molecule has 0 N–H and O–H groups in total. The van der Waals surface area contributed by atoms with Gasteiger partial charge in [0.2, 0.25) is 0 Å². The van der Waals surface area contributed by atoms with Gasteiger partial charge in [0, 0.05) is 35.7 Å². The molecule has 218 valence electrons. The van der Waals surface area contributed by atoms with Gasteiger partial charge in [-0.3, -0.25) is 0 Å². The van der Waals surface area contributed by atoms with Crippen molar-refractivity contribution in [3.63, 3.8) is 0 Å². The molecule has 0 radical (unpaired) electrons. The van der Waals surface area contributed by atoms with Crippen molar-refractivity contribution in [1.29, 1.82) is 0 Å². The second-order valence-corrected chi connectivity index (χ2v) is 13.1. The van der Waals surface area contributed by atoms with Gasteiger partial charge >= 0.3 is 12.1 Å². The number of benzene rings is 2. The first kappa shape index (κ1) is 32.3. The second kappa shape index (κ2) is 14.6. The molecule has 0 unspecified atom stereocenters. The number of fused-ring (bicyclic) bond motifs is 1. The van der Waals surface area contributed by atoms with E-state index in [1.807, 2.05) is 11.8 Å². The molecule has 0 bridgehead atoms. The van der Waals surface area contributed by atoms with Crippen LogP contribution in [0.4, 0.5) is 22.0 Å². The van der Waals surface area contributed by atoms with Gasteiger partial charge in [0.25, 0.3) is 0 Å². The van der Waals surface area contributed by atoms with Crippen molar-refractivity contribution < 1.29 is 26.7 Å². The van der Waals surface area contributed by atoms with Crippen LogP contribution in [0.25, 0.3) is 0 Å². The van der Waals surface area contributed by atoms with Crippen molar-refractivity contribution in [3.8, 4) is 0 Å². The third kappa shape index (κ3) is 9.12. The summed E-state index contributed by atoms with van der Waals surface area (Å²) in [6.45, 7) is 8.08. The molecular weight excluding hydrogens is 547 g/mol. The Morgan fingerprint density at radius 1 is 0.872 bits per heavy atom. The lowest BCUT2D eigenvalue weighted by Gasteiger charge is -2.43. The molecule has 2 atom stereocenters. The molecule has 0 saturated heterocycles. The van der Waals surface area contributed by atoms with Crippen LogP contribution < -0.4 is 0 Å². The van der Waals surface area contributed by atoms with Crippen LogP contribution in [0.1, 0.15) is 80.0 Å². The van der Waals surface area contributed by atoms with Crippen molar-refractivity contribution >= 4 is 23.5 Å². The van der Waals surface area contributed by atoms with E-state index in [9.17, 15) is 22.0 Å². The summed E-state index contributed by atoms with van der Waals surface area (Å²) in [6, 6.07) is 15.8. The van der Waals surface area contributed by atoms with Crippen molar-refractivity contribution in [2.45, 2.75) is 94.0 Å². The van der Waals surface area contributed by atoms with Gasteiger partial charge in [0.05, 0.1) is 0 Å². The number of hydrogen-bond donors (Lipinski definition) is 0. The Hall–Kier alpha value is -1.25. The zero-order valence-electron chi connectivity index (χ0n) is 23.2. The van der Waals surface area contributed by atoms with Crippen molar-refractivity contribution in [1.82, 2.24) is 0 Å². The van der Waals surface area contributed by atoms with Crippen LogP contribution in [0.2, 0.25) is 0 Å². The average molecular weight is 589 g/mol. The second-order valence-electron chi connectivity index (χ2n) is 10.9. The van der Waals surface area contributed by atoms with E-state index < -0.39 is 18.5 Å². The summed E-state index contributed by atoms with van der Waals surface area (Å²) in [5, 5.41) is 0. The van der Waals surface area contributed by atoms with Crippen molar-refractivity contribution in [2.75, 3.05) is 30.5 Å². The SMILES string of the molecule is Cc1ccc([C@@]2(C)CSc3cc(C)ccc3[C@H]2CCCOCCCCCSCCCC(F)(F)C(F)(F)F)cc1. The van der Waals surface area contributed by atoms with E-state index in [4.69, 9.17) is 4.74 Å². The van der Waals surface area contributed by atoms with Crippen LogP contribution in [-0.4, -0.2) is 42.6 Å². The highest BCUT2D eigenvalue weighted by atomic mass is 32.2. The Labute approximate surface area is 239 Å². The minimum Gasteiger partial charge on any atom is -0.381 e. The number of unbranched alkanes of at least 4 members (excludes halogenated alkanes) is 2. The number of ether oxygens (including phenoxy) is 1. The predicted octanol–water partition coefficient (Wildman–Crippen LogP) is 10.1. The monoisotopic (exact) mass is 588 g/mol. The van der Waals surface area contributed by atoms with Gasteiger partial charge in [-0.2, -0.15) is 33.7 Å². The molecule has 1 nitrogen and oxygen atoms in total. The fourth-order valence-electron chi connectivity index (χ4n) is 5.14. The van der Waals surface area contributed by atoms with E-state index >= 15 is 0 Å². The Morgan fingerprint density at radius 2 is 1.54 bits per heavy atom. The van der Waals surface area contributed by atoms with E-state index in [1.165, 1.54) is 38.9 Å². The van der Waals surface area contributed by atoms with Gasteiger partial charge < -0.3 is 4.74 Å². The predicted molar refractivity (Wildman–Crippen MR) is 155 cm³/mol. The molecule has 1 aliphatic heterocycles. The third-order valence-corrected chi connectivity index (χ3v) is 10.2. The summed E-state index contributed by atoms with van der Waals surface area (Å²) in [5.41, 5.74) is 5.46. The molecule has 1 aliphatic rings. The largest absolute Gasteiger partial charge is 0.453 e. The molecule has 0 aliphatic carbocycles. The molecule has 0 aromatic heterocycles. The fraction of sp³-hybridized carbons (Fsp3) is 0.613. The lowest BCUT2D eigenvalue weighted by Crippen LogP contribution is -2.36. The molecule has 0 saturated carbocycles. The summed E-state index contributed by atoms with van der Waals surface area (Å²) >= 11 is 3.41. The number of halogens is 5. The lowest BCUT2D eigenvalue weighted by molar-refractivity contribution is -0.284. The zero-order valence-corrected chi connectivity index (χ0v) is 24.9. The van der Waals surface area contributed by atoms with E-state index in [0.717, 1.165) is 50.2 Å². The quantitative estimate of drug-likeness (QED) is 0.151. The highest BCUT2D eigenvalue weighted by Crippen LogP contribution is 2.52. The van der Waals surface area contributed by atoms with Crippen LogP contribution in [-0.2, 0) is 10.2 Å². The highest BCUT2D eigenvalue weighted by Gasteiger charge is 2.56. The number of hydrogen-bond acceptors (Lipinski definition) is 3. The maximum Gasteiger partial charge on any atom is 0.453 e. The molecule has 0 fully saturated rings. The first-order chi connectivity index (χ1) is 18.4. The Morgan fingerprint density at radius 3 is 2.26 bits per heavy atom. The number of thioether (sulfide) groups is 2. The van der Waals surface area contributed by atoms with Gasteiger partial charge in [0.15, 0.2) is 0 Å². The van der Waals surface area contributed by atoms with Gasteiger partial charge in [-0.1, -0.05) is 60.9 Å². The maximum atomic E-state index is 12.9. The molecule has 8 heteroatoms. The third-order valence-electron chi connectivity index (χ3n) is 7.61. The van der Waals surface area contributed by atoms with Crippen molar-refractivity contribution in [3.05, 3.63) is 64.7 Å². The van der Waals surface area contributed by atoms with Crippen LogP contribution in [0.5, 0.6) is 0 Å². The van der Waals surface area contributed by atoms with E-state index in [2.05, 4.69) is 63.2 Å². The summed E-state index contributed by atoms with van der Waals surface area (Å²) < 4.78 is 68.3. The molecule has 2 aromatic rings. The lowest BCUT2D eigenvalue weighted by atomic mass is 9.68. The highest BCUT2D eigenvalue weighted by molar-refractivity contribution is 7.99. The van der Waals surface area contributed by atoms with Crippen LogP contribution in [0.15, 0.2) is 47.4 Å². The zero-order chi connectivity index (χ0) is 28.5. The number of rotatable bonds is 15. The Kier molecular flexibility index (Phi) is 12.1.